The molecule has 6 bridgehead atoms. The monoisotopic (exact) mass is 911 g/mol. The lowest BCUT2D eigenvalue weighted by molar-refractivity contribution is -0.156. The number of nitrogens with zero attached hydrogens (tertiary/aromatic N) is 6. The van der Waals surface area contributed by atoms with E-state index in [1.54, 1.807) is 7.11 Å². The van der Waals surface area contributed by atoms with Gasteiger partial charge in [-0.3, -0.25) is 24.4 Å². The number of aryl methyl sites for hydroxylation is 1. The van der Waals surface area contributed by atoms with Crippen LogP contribution in [0.3, 0.4) is 0 Å². The van der Waals surface area contributed by atoms with Crippen LogP contribution in [0.5, 0.6) is 0 Å². The van der Waals surface area contributed by atoms with E-state index in [0.29, 0.717) is 49.9 Å². The minimum Gasteiger partial charge on any atom is -0.464 e. The molecule has 65 heavy (non-hydrogen) atoms. The van der Waals surface area contributed by atoms with Crippen LogP contribution in [0.15, 0.2) is 35.8 Å². The Bertz CT molecular complexity index is 2380. The molecule has 2 N–H and O–H groups in total. The molecule has 0 radical (unpaired) electrons. The number of methoxy groups -OCH3 is 1. The molecule has 2 saturated heterocycles. The molecule has 1 aliphatic carbocycles. The Morgan fingerprint density at radius 2 is 1.88 bits per heavy atom. The third-order valence-electron chi connectivity index (χ3n) is 14.3. The van der Waals surface area contributed by atoms with Crippen molar-refractivity contribution in [3.8, 4) is 22.5 Å². The Kier molecular flexibility index (Phi) is 14.1. The number of anilines is 1. The van der Waals surface area contributed by atoms with Gasteiger partial charge in [0, 0.05) is 85.2 Å². The number of likely N-dealkylation sites (N-methyl/N-ethyl adjacent to an activating group) is 1. The molecule has 4 aliphatic rings. The third-order valence-corrected chi connectivity index (χ3v) is 15.2. The van der Waals surface area contributed by atoms with Crippen molar-refractivity contribution < 1.29 is 28.6 Å². The van der Waals surface area contributed by atoms with Crippen LogP contribution in [-0.2, 0) is 41.6 Å². The number of benzene rings is 1. The fraction of sp³-hybridized carbons (Fsp3) is 0.620. The van der Waals surface area contributed by atoms with E-state index in [-0.39, 0.29) is 42.3 Å². The van der Waals surface area contributed by atoms with E-state index in [1.165, 1.54) is 16.3 Å². The SMILES string of the molecule is CCO[C@@H]1c2nc(cs2)-c2ccc3c(c2)c(c(-c2cc(N4CCCN(C)CC4)cnc2[C@H](C)OC)n3CC)CC(C)(C)COC(=O)[C@@H]2CCCN(N2)C(=O)[C@H]1NC(=O)[C@H]1[C@H](C)[C@@H]1C(C)C. The number of fused-ring (bicyclic) bond motifs is 6. The Morgan fingerprint density at radius 3 is 2.60 bits per heavy atom. The highest BCUT2D eigenvalue weighted by Gasteiger charge is 2.54. The van der Waals surface area contributed by atoms with E-state index in [4.69, 9.17) is 24.2 Å². The number of thiazole rings is 1. The van der Waals surface area contributed by atoms with Gasteiger partial charge >= 0.3 is 5.97 Å². The van der Waals surface area contributed by atoms with Crippen molar-refractivity contribution in [1.29, 1.82) is 0 Å². The first kappa shape index (κ1) is 47.1. The second-order valence-corrected chi connectivity index (χ2v) is 20.7. The summed E-state index contributed by atoms with van der Waals surface area (Å²) in [6.07, 6.45) is 3.62. The van der Waals surface area contributed by atoms with Gasteiger partial charge in [0.05, 0.1) is 41.7 Å². The van der Waals surface area contributed by atoms with E-state index >= 15 is 0 Å². The number of carbonyl (C=O) groups excluding carboxylic acids is 3. The molecule has 3 aromatic heterocycles. The molecule has 3 aliphatic heterocycles. The number of cyclic esters (lactones) is 1. The Hall–Kier alpha value is -4.41. The summed E-state index contributed by atoms with van der Waals surface area (Å²) in [6.45, 7) is 22.2. The first-order chi connectivity index (χ1) is 31.1. The van der Waals surface area contributed by atoms with Crippen molar-refractivity contribution in [3.05, 3.63) is 52.1 Å². The molecule has 352 valence electrons. The maximum atomic E-state index is 14.8. The maximum Gasteiger partial charge on any atom is 0.324 e. The number of hydrogen-bond donors (Lipinski definition) is 2. The van der Waals surface area contributed by atoms with Gasteiger partial charge in [0.15, 0.2) is 0 Å². The number of amides is 2. The first-order valence-electron chi connectivity index (χ1n) is 23.9. The number of rotatable bonds is 10. The smallest absolute Gasteiger partial charge is 0.324 e. The summed E-state index contributed by atoms with van der Waals surface area (Å²) in [5.41, 5.74) is 10.7. The standard InChI is InChI=1S/C50H70N8O6S/c1-11-57-39-17-16-32-23-34(39)36(44(57)35-24-33(26-51-42(35)31(6)62-10)56-19-14-18-55(9)21-22-56)25-50(7,8)28-64-49(61)37-15-13-20-58(54-37)48(60)43(45(63-12-2)47-52-38(32)27-65-47)53-46(59)41-30(5)40(41)29(3)4/h16-17,23-24,26-27,29-31,37,40-41,43,45,54H,11-15,18-22,25,28H2,1-10H3,(H,53,59)/t30-,31+,37+,40+,41+,43+,45+/m1/s1. The molecule has 3 fully saturated rings. The molecule has 0 unspecified atom stereocenters. The van der Waals surface area contributed by atoms with E-state index in [1.807, 2.05) is 18.5 Å². The molecule has 4 aromatic rings. The summed E-state index contributed by atoms with van der Waals surface area (Å²) in [5, 5.41) is 8.33. The van der Waals surface area contributed by atoms with E-state index in [2.05, 4.69) is 105 Å². The molecule has 15 heteroatoms. The Balaban J connectivity index is 1.28. The predicted molar refractivity (Wildman–Crippen MR) is 255 cm³/mol. The summed E-state index contributed by atoms with van der Waals surface area (Å²) in [5.74, 6) is -0.371. The molecule has 6 heterocycles. The molecular formula is C50H70N8O6S. The number of carbonyl (C=O) groups is 3. The molecule has 1 saturated carbocycles. The molecule has 7 atom stereocenters. The third kappa shape index (κ3) is 9.59. The highest BCUT2D eigenvalue weighted by molar-refractivity contribution is 7.10. The molecule has 1 aromatic carbocycles. The fourth-order valence-electron chi connectivity index (χ4n) is 10.6. The van der Waals surface area contributed by atoms with Crippen molar-refractivity contribution in [3.63, 3.8) is 0 Å². The average Bonchev–Trinajstić information content (AvgIpc) is 3.69. The second kappa shape index (κ2) is 19.4. The number of nitrogens with one attached hydrogen (secondary N) is 2. The van der Waals surface area contributed by atoms with Crippen LogP contribution in [-0.4, -0.2) is 114 Å². The van der Waals surface area contributed by atoms with Crippen LogP contribution in [0, 0.1) is 29.1 Å². The van der Waals surface area contributed by atoms with Crippen LogP contribution in [0.25, 0.3) is 33.4 Å². The van der Waals surface area contributed by atoms with Crippen LogP contribution in [0.2, 0.25) is 0 Å². The number of hydrogen-bond acceptors (Lipinski definition) is 12. The number of esters is 1. The topological polar surface area (TPSA) is 143 Å². The van der Waals surface area contributed by atoms with Gasteiger partial charge in [0.1, 0.15) is 23.2 Å². The van der Waals surface area contributed by atoms with Gasteiger partial charge in [-0.25, -0.2) is 10.4 Å². The van der Waals surface area contributed by atoms with Gasteiger partial charge < -0.3 is 33.9 Å². The maximum absolute atomic E-state index is 14.8. The van der Waals surface area contributed by atoms with Crippen LogP contribution in [0.4, 0.5) is 5.69 Å². The molecular weight excluding hydrogens is 841 g/mol. The lowest BCUT2D eigenvalue weighted by Crippen LogP contribution is -2.61. The summed E-state index contributed by atoms with van der Waals surface area (Å²) < 4.78 is 21.0. The van der Waals surface area contributed by atoms with Crippen LogP contribution >= 0.6 is 11.3 Å². The Labute approximate surface area is 388 Å². The molecule has 14 nitrogen and oxygen atoms in total. The molecule has 2 amide bonds. The van der Waals surface area contributed by atoms with E-state index in [9.17, 15) is 14.4 Å². The average molecular weight is 911 g/mol. The summed E-state index contributed by atoms with van der Waals surface area (Å²) >= 11 is 1.42. The lowest BCUT2D eigenvalue weighted by atomic mass is 9.84. The first-order valence-corrected chi connectivity index (χ1v) is 24.8. The lowest BCUT2D eigenvalue weighted by Gasteiger charge is -2.37. The van der Waals surface area contributed by atoms with Gasteiger partial charge in [-0.2, -0.15) is 0 Å². The minimum atomic E-state index is -1.08. The van der Waals surface area contributed by atoms with Gasteiger partial charge in [0.25, 0.3) is 5.91 Å². The van der Waals surface area contributed by atoms with Crippen molar-refractivity contribution in [2.24, 2.45) is 29.1 Å². The highest BCUT2D eigenvalue weighted by atomic mass is 32.1. The Morgan fingerprint density at radius 1 is 1.08 bits per heavy atom. The zero-order valence-electron chi connectivity index (χ0n) is 40.1. The highest BCUT2D eigenvalue weighted by Crippen LogP contribution is 2.51. The normalized spacial score (nSPS) is 25.9. The van der Waals surface area contributed by atoms with E-state index in [0.717, 1.165) is 83.0 Å². The van der Waals surface area contributed by atoms with Gasteiger partial charge in [-0.05, 0) is 102 Å². The van der Waals surface area contributed by atoms with Gasteiger partial charge in [0.2, 0.25) is 5.91 Å². The van der Waals surface area contributed by atoms with Gasteiger partial charge in [-0.15, -0.1) is 11.3 Å². The summed E-state index contributed by atoms with van der Waals surface area (Å²) in [6, 6.07) is 7.01. The number of ether oxygens (including phenoxy) is 3. The van der Waals surface area contributed by atoms with Gasteiger partial charge in [-0.1, -0.05) is 40.7 Å². The predicted octanol–water partition coefficient (Wildman–Crippen LogP) is 7.42. The number of aromatic nitrogens is 3. The van der Waals surface area contributed by atoms with Crippen molar-refractivity contribution in [2.45, 2.75) is 112 Å². The van der Waals surface area contributed by atoms with Crippen molar-refractivity contribution in [2.75, 3.05) is 65.0 Å². The second-order valence-electron chi connectivity index (χ2n) is 19.9. The minimum absolute atomic E-state index is 0.161. The zero-order chi connectivity index (χ0) is 46.3. The van der Waals surface area contributed by atoms with Crippen LogP contribution in [0.1, 0.15) is 103 Å². The van der Waals surface area contributed by atoms with E-state index < -0.39 is 29.6 Å². The number of pyridine rings is 1. The quantitative estimate of drug-likeness (QED) is 0.154. The number of hydrazine groups is 1. The van der Waals surface area contributed by atoms with Crippen molar-refractivity contribution in [1.82, 2.24) is 35.2 Å². The summed E-state index contributed by atoms with van der Waals surface area (Å²) in [4.78, 5) is 58.1. The largest absolute Gasteiger partial charge is 0.464 e. The van der Waals surface area contributed by atoms with Crippen LogP contribution < -0.4 is 15.6 Å². The fourth-order valence-corrected chi connectivity index (χ4v) is 11.5. The molecule has 0 spiro atoms. The molecule has 8 rings (SSSR count). The zero-order valence-corrected chi connectivity index (χ0v) is 40.9. The summed E-state index contributed by atoms with van der Waals surface area (Å²) in [7, 11) is 3.91. The van der Waals surface area contributed by atoms with Crippen molar-refractivity contribution >= 4 is 45.7 Å².